The summed E-state index contributed by atoms with van der Waals surface area (Å²) in [5.74, 6) is 1.75. The first-order valence-corrected chi connectivity index (χ1v) is 10.5. The van der Waals surface area contributed by atoms with Gasteiger partial charge in [0.15, 0.2) is 0 Å². The fraction of sp³-hybridized carbons (Fsp3) is 0.208. The molecule has 0 aliphatic carbocycles. The van der Waals surface area contributed by atoms with Crippen molar-refractivity contribution in [3.63, 3.8) is 0 Å². The summed E-state index contributed by atoms with van der Waals surface area (Å²) in [4.78, 5) is 25.3. The van der Waals surface area contributed by atoms with E-state index >= 15 is 0 Å². The minimum atomic E-state index is 0.0152. The number of rotatable bonds is 5. The van der Waals surface area contributed by atoms with Gasteiger partial charge in [-0.2, -0.15) is 0 Å². The van der Waals surface area contributed by atoms with E-state index in [1.165, 1.54) is 6.33 Å². The van der Waals surface area contributed by atoms with Gasteiger partial charge >= 0.3 is 0 Å². The Kier molecular flexibility index (Phi) is 6.48. The van der Waals surface area contributed by atoms with Gasteiger partial charge < -0.3 is 14.5 Å². The average molecular weight is 435 g/mol. The van der Waals surface area contributed by atoms with Gasteiger partial charge in [0, 0.05) is 37.8 Å². The highest BCUT2D eigenvalue weighted by Gasteiger charge is 2.27. The third kappa shape index (κ3) is 5.22. The number of carbonyl (C=O) groups is 1. The molecule has 7 heteroatoms. The van der Waals surface area contributed by atoms with E-state index in [4.69, 9.17) is 16.3 Å². The molecule has 1 amide bonds. The Bertz CT molecular complexity index is 1070. The second kappa shape index (κ2) is 9.62. The molecule has 4 rings (SSSR count). The number of hydrogen-bond donors (Lipinski definition) is 0. The Hall–Kier alpha value is -3.38. The predicted molar refractivity (Wildman–Crippen MR) is 122 cm³/mol. The topological polar surface area (TPSA) is 58.6 Å². The van der Waals surface area contributed by atoms with E-state index in [1.54, 1.807) is 24.3 Å². The minimum absolute atomic E-state index is 0.0152. The quantitative estimate of drug-likeness (QED) is 0.546. The summed E-state index contributed by atoms with van der Waals surface area (Å²) in [6.07, 6.45) is 4.97. The van der Waals surface area contributed by atoms with Gasteiger partial charge in [-0.05, 0) is 30.7 Å². The van der Waals surface area contributed by atoms with Crippen molar-refractivity contribution < 1.29 is 9.53 Å². The van der Waals surface area contributed by atoms with Crippen LogP contribution in [0.25, 0.3) is 6.08 Å². The predicted octanol–water partition coefficient (Wildman–Crippen LogP) is 4.67. The van der Waals surface area contributed by atoms with Gasteiger partial charge in [-0.3, -0.25) is 4.79 Å². The molecule has 1 atom stereocenters. The lowest BCUT2D eigenvalue weighted by Gasteiger charge is -2.40. The molecule has 0 saturated carbocycles. The summed E-state index contributed by atoms with van der Waals surface area (Å²) in [7, 11) is 0. The van der Waals surface area contributed by atoms with Crippen LogP contribution in [0.3, 0.4) is 0 Å². The standard InChI is InChI=1S/C24H23ClN4O2/c1-18-16-28(13-14-29(18)24(30)12-11-19-7-3-2-4-8-19)22-15-23(27-17-26-22)31-21-10-6-5-9-20(21)25/h2-12,15,17-18H,13-14,16H2,1H3/b12-11+/t18-/m0/s1. The second-order valence-corrected chi connectivity index (χ2v) is 7.72. The Labute approximate surface area is 186 Å². The second-order valence-electron chi connectivity index (χ2n) is 7.32. The number of aromatic nitrogens is 2. The summed E-state index contributed by atoms with van der Waals surface area (Å²) >= 11 is 6.17. The van der Waals surface area contributed by atoms with Crippen molar-refractivity contribution in [1.82, 2.24) is 14.9 Å². The maximum Gasteiger partial charge on any atom is 0.246 e. The Morgan fingerprint density at radius 3 is 2.65 bits per heavy atom. The van der Waals surface area contributed by atoms with Crippen LogP contribution < -0.4 is 9.64 Å². The lowest BCUT2D eigenvalue weighted by atomic mass is 10.1. The van der Waals surface area contributed by atoms with E-state index in [-0.39, 0.29) is 11.9 Å². The molecule has 1 fully saturated rings. The summed E-state index contributed by atoms with van der Waals surface area (Å²) in [6, 6.07) is 18.9. The molecular formula is C24H23ClN4O2. The first-order chi connectivity index (χ1) is 15.1. The lowest BCUT2D eigenvalue weighted by molar-refractivity contribution is -0.128. The molecule has 0 radical (unpaired) electrons. The molecule has 1 aromatic heterocycles. The summed E-state index contributed by atoms with van der Waals surface area (Å²) in [6.45, 7) is 4.01. The number of anilines is 1. The molecule has 2 heterocycles. The zero-order valence-corrected chi connectivity index (χ0v) is 17.9. The van der Waals surface area contributed by atoms with Crippen LogP contribution in [-0.2, 0) is 4.79 Å². The number of piperazine rings is 1. The molecule has 158 valence electrons. The molecule has 1 aliphatic heterocycles. The number of amides is 1. The van der Waals surface area contributed by atoms with E-state index < -0.39 is 0 Å². The van der Waals surface area contributed by atoms with Crippen molar-refractivity contribution in [3.05, 3.63) is 83.7 Å². The van der Waals surface area contributed by atoms with Crippen molar-refractivity contribution in [3.8, 4) is 11.6 Å². The molecule has 31 heavy (non-hydrogen) atoms. The third-order valence-corrected chi connectivity index (χ3v) is 5.44. The van der Waals surface area contributed by atoms with Gasteiger partial charge in [-0.1, -0.05) is 54.1 Å². The molecule has 1 aliphatic rings. The zero-order valence-electron chi connectivity index (χ0n) is 17.2. The smallest absolute Gasteiger partial charge is 0.246 e. The first kappa shape index (κ1) is 20.9. The highest BCUT2D eigenvalue weighted by molar-refractivity contribution is 6.32. The monoisotopic (exact) mass is 434 g/mol. The number of halogens is 1. The summed E-state index contributed by atoms with van der Waals surface area (Å²) in [5.41, 5.74) is 1.01. The molecule has 3 aromatic rings. The van der Waals surface area contributed by atoms with Crippen molar-refractivity contribution in [1.29, 1.82) is 0 Å². The normalized spacial score (nSPS) is 16.5. The molecule has 0 spiro atoms. The van der Waals surface area contributed by atoms with Gasteiger partial charge in [-0.15, -0.1) is 0 Å². The van der Waals surface area contributed by atoms with Gasteiger partial charge in [0.1, 0.15) is 17.9 Å². The van der Waals surface area contributed by atoms with Gasteiger partial charge in [0.2, 0.25) is 11.8 Å². The Morgan fingerprint density at radius 2 is 1.87 bits per heavy atom. The van der Waals surface area contributed by atoms with Gasteiger partial charge in [-0.25, -0.2) is 9.97 Å². The number of nitrogens with zero attached hydrogens (tertiary/aromatic N) is 4. The highest BCUT2D eigenvalue weighted by atomic mass is 35.5. The van der Waals surface area contributed by atoms with Crippen LogP contribution >= 0.6 is 11.6 Å². The van der Waals surface area contributed by atoms with Crippen LogP contribution in [0.2, 0.25) is 5.02 Å². The number of para-hydroxylation sites is 1. The van der Waals surface area contributed by atoms with E-state index in [9.17, 15) is 4.79 Å². The highest BCUT2D eigenvalue weighted by Crippen LogP contribution is 2.29. The first-order valence-electron chi connectivity index (χ1n) is 10.1. The van der Waals surface area contributed by atoms with Crippen molar-refractivity contribution in [2.24, 2.45) is 0 Å². The molecule has 6 nitrogen and oxygen atoms in total. The molecular weight excluding hydrogens is 412 g/mol. The number of benzene rings is 2. The van der Waals surface area contributed by atoms with Crippen LogP contribution in [-0.4, -0.2) is 46.5 Å². The van der Waals surface area contributed by atoms with E-state index in [0.29, 0.717) is 36.3 Å². The average Bonchev–Trinajstić information content (AvgIpc) is 2.80. The molecule has 1 saturated heterocycles. The fourth-order valence-electron chi connectivity index (χ4n) is 3.52. The number of ether oxygens (including phenoxy) is 1. The van der Waals surface area contributed by atoms with Crippen molar-refractivity contribution in [2.75, 3.05) is 24.5 Å². The lowest BCUT2D eigenvalue weighted by Crippen LogP contribution is -2.54. The fourth-order valence-corrected chi connectivity index (χ4v) is 3.69. The number of carbonyl (C=O) groups excluding carboxylic acids is 1. The molecule has 0 unspecified atom stereocenters. The van der Waals surface area contributed by atoms with Crippen LogP contribution in [0.5, 0.6) is 11.6 Å². The minimum Gasteiger partial charge on any atom is -0.437 e. The Morgan fingerprint density at radius 1 is 1.10 bits per heavy atom. The largest absolute Gasteiger partial charge is 0.437 e. The molecule has 2 aromatic carbocycles. The van der Waals surface area contributed by atoms with Gasteiger partial charge in [0.05, 0.1) is 5.02 Å². The summed E-state index contributed by atoms with van der Waals surface area (Å²) < 4.78 is 5.82. The van der Waals surface area contributed by atoms with Crippen molar-refractivity contribution >= 4 is 29.4 Å². The van der Waals surface area contributed by atoms with Crippen molar-refractivity contribution in [2.45, 2.75) is 13.0 Å². The molecule has 0 bridgehead atoms. The summed E-state index contributed by atoms with van der Waals surface area (Å²) in [5, 5.41) is 0.520. The van der Waals surface area contributed by atoms with Crippen LogP contribution in [0, 0.1) is 0 Å². The van der Waals surface area contributed by atoms with E-state index in [1.807, 2.05) is 60.4 Å². The Balaban J connectivity index is 1.40. The third-order valence-electron chi connectivity index (χ3n) is 5.13. The van der Waals surface area contributed by atoms with Crippen LogP contribution in [0.4, 0.5) is 5.82 Å². The van der Waals surface area contributed by atoms with Crippen LogP contribution in [0.1, 0.15) is 12.5 Å². The van der Waals surface area contributed by atoms with Gasteiger partial charge in [0.25, 0.3) is 0 Å². The maximum atomic E-state index is 12.7. The zero-order chi connectivity index (χ0) is 21.6. The number of hydrogen-bond acceptors (Lipinski definition) is 5. The van der Waals surface area contributed by atoms with E-state index in [0.717, 1.165) is 11.4 Å². The SMILES string of the molecule is C[C@H]1CN(c2cc(Oc3ccccc3Cl)ncn2)CCN1C(=O)/C=C/c1ccccc1. The van der Waals surface area contributed by atoms with Crippen LogP contribution in [0.15, 0.2) is 73.1 Å². The maximum absolute atomic E-state index is 12.7. The van der Waals surface area contributed by atoms with E-state index in [2.05, 4.69) is 14.9 Å². The molecule has 0 N–H and O–H groups in total.